The van der Waals surface area contributed by atoms with Crippen molar-refractivity contribution in [3.05, 3.63) is 74.6 Å². The number of para-hydroxylation sites is 1. The molecule has 25 heavy (non-hydrogen) atoms. The maximum atomic E-state index is 12.6. The Balaban J connectivity index is 1.76. The van der Waals surface area contributed by atoms with Crippen molar-refractivity contribution < 1.29 is 0 Å². The third-order valence-electron chi connectivity index (χ3n) is 4.30. The molecule has 8 nitrogen and oxygen atoms in total. The molecule has 0 spiro atoms. The third kappa shape index (κ3) is 2.46. The van der Waals surface area contributed by atoms with Gasteiger partial charge in [-0.2, -0.15) is 5.26 Å². The molecular formula is C17H14N6O2. The van der Waals surface area contributed by atoms with Gasteiger partial charge in [-0.15, -0.1) is 5.10 Å². The maximum absolute atomic E-state index is 12.6. The first-order chi connectivity index (χ1) is 12.2. The van der Waals surface area contributed by atoms with Gasteiger partial charge < -0.3 is 0 Å². The average molecular weight is 334 g/mol. The van der Waals surface area contributed by atoms with Gasteiger partial charge in [0.25, 0.3) is 5.56 Å². The topological polar surface area (TPSA) is 98.5 Å². The van der Waals surface area contributed by atoms with Crippen molar-refractivity contribution in [2.45, 2.75) is 25.9 Å². The van der Waals surface area contributed by atoms with E-state index in [2.05, 4.69) is 10.1 Å². The first-order valence-corrected chi connectivity index (χ1v) is 7.91. The Hall–Kier alpha value is -3.47. The summed E-state index contributed by atoms with van der Waals surface area (Å²) in [4.78, 5) is 29.3. The second-order valence-corrected chi connectivity index (χ2v) is 5.80. The third-order valence-corrected chi connectivity index (χ3v) is 4.30. The van der Waals surface area contributed by atoms with Crippen molar-refractivity contribution in [2.24, 2.45) is 0 Å². The lowest BCUT2D eigenvalue weighted by molar-refractivity contribution is 0.588. The molecule has 0 unspecified atom stereocenters. The van der Waals surface area contributed by atoms with Crippen molar-refractivity contribution in [3.63, 3.8) is 0 Å². The van der Waals surface area contributed by atoms with Crippen molar-refractivity contribution in [2.75, 3.05) is 0 Å². The van der Waals surface area contributed by atoms with Crippen LogP contribution in [-0.2, 0) is 19.5 Å². The highest BCUT2D eigenvalue weighted by molar-refractivity contribution is 5.33. The lowest BCUT2D eigenvalue weighted by Gasteiger charge is -2.09. The Morgan fingerprint density at radius 1 is 1.20 bits per heavy atom. The predicted octanol–water partition coefficient (Wildman–Crippen LogP) is 0.457. The largest absolute Gasteiger partial charge is 0.331 e. The highest BCUT2D eigenvalue weighted by Crippen LogP contribution is 2.13. The first kappa shape index (κ1) is 15.1. The molecule has 0 aliphatic carbocycles. The molecule has 1 aliphatic rings. The number of benzene rings is 1. The van der Waals surface area contributed by atoms with Gasteiger partial charge in [0.15, 0.2) is 5.82 Å². The molecule has 0 saturated heterocycles. The lowest BCUT2D eigenvalue weighted by Crippen LogP contribution is -2.42. The molecule has 0 fully saturated rings. The second-order valence-electron chi connectivity index (χ2n) is 5.80. The second kappa shape index (κ2) is 5.87. The average Bonchev–Trinajstić information content (AvgIpc) is 3.30. The lowest BCUT2D eigenvalue weighted by atomic mass is 10.2. The van der Waals surface area contributed by atoms with Gasteiger partial charge in [-0.25, -0.2) is 14.5 Å². The Kier molecular flexibility index (Phi) is 3.54. The minimum absolute atomic E-state index is 0.0413. The number of hydrogen-bond acceptors (Lipinski definition) is 5. The summed E-state index contributed by atoms with van der Waals surface area (Å²) in [6.45, 7) is 0.460. The molecule has 0 amide bonds. The Bertz CT molecular complexity index is 1100. The van der Waals surface area contributed by atoms with Crippen LogP contribution in [0.25, 0.3) is 5.69 Å². The minimum Gasteiger partial charge on any atom is -0.296 e. The van der Waals surface area contributed by atoms with Crippen LogP contribution in [0.3, 0.4) is 0 Å². The van der Waals surface area contributed by atoms with E-state index in [9.17, 15) is 14.9 Å². The number of hydrogen-bond donors (Lipinski definition) is 0. The van der Waals surface area contributed by atoms with E-state index in [1.54, 1.807) is 4.68 Å². The van der Waals surface area contributed by atoms with Crippen LogP contribution >= 0.6 is 0 Å². The SMILES string of the molecule is N#Cc1c2n(c(=O)n(Cc3ncn(-c4ccccc4)n3)c1=O)CCC2. The minimum atomic E-state index is -0.572. The van der Waals surface area contributed by atoms with Crippen LogP contribution in [0.5, 0.6) is 0 Å². The molecule has 0 N–H and O–H groups in total. The quantitative estimate of drug-likeness (QED) is 0.693. The van der Waals surface area contributed by atoms with E-state index in [0.29, 0.717) is 24.5 Å². The van der Waals surface area contributed by atoms with Crippen LogP contribution in [0.1, 0.15) is 23.5 Å². The summed E-state index contributed by atoms with van der Waals surface area (Å²) in [5.74, 6) is 0.338. The van der Waals surface area contributed by atoms with Crippen LogP contribution < -0.4 is 11.2 Å². The summed E-state index contributed by atoms with van der Waals surface area (Å²) in [7, 11) is 0. The molecular weight excluding hydrogens is 320 g/mol. The van der Waals surface area contributed by atoms with Crippen LogP contribution in [0.15, 0.2) is 46.2 Å². The van der Waals surface area contributed by atoms with Crippen molar-refractivity contribution in [1.29, 1.82) is 5.26 Å². The fourth-order valence-electron chi connectivity index (χ4n) is 3.10. The molecule has 0 bridgehead atoms. The zero-order valence-electron chi connectivity index (χ0n) is 13.3. The van der Waals surface area contributed by atoms with E-state index in [1.807, 2.05) is 36.4 Å². The zero-order valence-corrected chi connectivity index (χ0v) is 13.3. The molecule has 0 radical (unpaired) electrons. The van der Waals surface area contributed by atoms with E-state index < -0.39 is 11.2 Å². The van der Waals surface area contributed by atoms with Crippen molar-refractivity contribution in [3.8, 4) is 11.8 Å². The van der Waals surface area contributed by atoms with Gasteiger partial charge in [-0.05, 0) is 25.0 Å². The Morgan fingerprint density at radius 3 is 2.76 bits per heavy atom. The van der Waals surface area contributed by atoms with Gasteiger partial charge in [-0.1, -0.05) is 18.2 Å². The monoisotopic (exact) mass is 334 g/mol. The van der Waals surface area contributed by atoms with Crippen LogP contribution in [0.4, 0.5) is 0 Å². The summed E-state index contributed by atoms with van der Waals surface area (Å²) in [6.07, 6.45) is 2.87. The fraction of sp³-hybridized carbons (Fsp3) is 0.235. The van der Waals surface area contributed by atoms with E-state index in [0.717, 1.165) is 16.7 Å². The van der Waals surface area contributed by atoms with Gasteiger partial charge in [0.1, 0.15) is 18.0 Å². The molecule has 124 valence electrons. The molecule has 8 heteroatoms. The van der Waals surface area contributed by atoms with E-state index in [4.69, 9.17) is 0 Å². The molecule has 4 rings (SSSR count). The Morgan fingerprint density at radius 2 is 2.00 bits per heavy atom. The number of rotatable bonds is 3. The first-order valence-electron chi connectivity index (χ1n) is 7.91. The van der Waals surface area contributed by atoms with Gasteiger partial charge in [0, 0.05) is 12.2 Å². The standard InChI is InChI=1S/C17H14N6O2/c18-9-13-14-7-4-8-21(14)17(25)22(16(13)24)10-15-19-11-23(20-15)12-5-2-1-3-6-12/h1-3,5-6,11H,4,7-8,10H2. The summed E-state index contributed by atoms with van der Waals surface area (Å²) >= 11 is 0. The highest BCUT2D eigenvalue weighted by atomic mass is 16.2. The fourth-order valence-corrected chi connectivity index (χ4v) is 3.10. The van der Waals surface area contributed by atoms with Crippen LogP contribution in [0.2, 0.25) is 0 Å². The molecule has 0 saturated carbocycles. The summed E-state index contributed by atoms with van der Waals surface area (Å²) in [5.41, 5.74) is 0.428. The maximum Gasteiger partial charge on any atom is 0.331 e. The molecule has 2 aromatic heterocycles. The van der Waals surface area contributed by atoms with Crippen LogP contribution in [-0.4, -0.2) is 23.9 Å². The summed E-state index contributed by atoms with van der Waals surface area (Å²) < 4.78 is 4.13. The smallest absolute Gasteiger partial charge is 0.296 e. The Labute approximate surface area is 142 Å². The van der Waals surface area contributed by atoms with Gasteiger partial charge in [-0.3, -0.25) is 13.9 Å². The van der Waals surface area contributed by atoms with Gasteiger partial charge in [0.2, 0.25) is 0 Å². The van der Waals surface area contributed by atoms with Crippen LogP contribution in [0, 0.1) is 11.3 Å². The molecule has 1 aromatic carbocycles. The van der Waals surface area contributed by atoms with Gasteiger partial charge in [0.05, 0.1) is 12.2 Å². The zero-order chi connectivity index (χ0) is 17.4. The van der Waals surface area contributed by atoms with Crippen molar-refractivity contribution >= 4 is 0 Å². The number of aromatic nitrogens is 5. The number of nitriles is 1. The highest BCUT2D eigenvalue weighted by Gasteiger charge is 2.23. The van der Waals surface area contributed by atoms with E-state index in [-0.39, 0.29) is 12.1 Å². The summed E-state index contributed by atoms with van der Waals surface area (Å²) in [5, 5.41) is 13.6. The molecule has 0 atom stereocenters. The van der Waals surface area contributed by atoms with E-state index >= 15 is 0 Å². The van der Waals surface area contributed by atoms with Gasteiger partial charge >= 0.3 is 5.69 Å². The van der Waals surface area contributed by atoms with E-state index in [1.165, 1.54) is 10.9 Å². The molecule has 1 aliphatic heterocycles. The number of fused-ring (bicyclic) bond motifs is 1. The molecule has 3 heterocycles. The molecule has 3 aromatic rings. The summed E-state index contributed by atoms with van der Waals surface area (Å²) in [6, 6.07) is 11.4. The predicted molar refractivity (Wildman–Crippen MR) is 88.5 cm³/mol. The normalized spacial score (nSPS) is 12.8. The van der Waals surface area contributed by atoms with Crippen molar-refractivity contribution in [1.82, 2.24) is 23.9 Å². The number of nitrogens with zero attached hydrogens (tertiary/aromatic N) is 6.